The third-order valence-electron chi connectivity index (χ3n) is 10.7. The first-order valence-corrected chi connectivity index (χ1v) is 19.1. The van der Waals surface area contributed by atoms with Crippen molar-refractivity contribution in [1.82, 2.24) is 4.98 Å². The highest BCUT2D eigenvalue weighted by atomic mass is 32.1. The maximum absolute atomic E-state index is 6.61. The zero-order chi connectivity index (χ0) is 36.0. The van der Waals surface area contributed by atoms with Gasteiger partial charge in [0.05, 0.1) is 0 Å². The lowest BCUT2D eigenvalue weighted by Gasteiger charge is -2.26. The normalized spacial score (nSPS) is 12.0. The average Bonchev–Trinajstić information content (AvgIpc) is 4.01. The van der Waals surface area contributed by atoms with Crippen LogP contribution in [-0.4, -0.2) is 4.98 Å². The summed E-state index contributed by atoms with van der Waals surface area (Å²) in [4.78, 5) is 7.09. The van der Waals surface area contributed by atoms with Gasteiger partial charge in [-0.25, -0.2) is 4.98 Å². The molecule has 0 fully saturated rings. The summed E-state index contributed by atoms with van der Waals surface area (Å²) in [6.45, 7) is 0. The number of benzene rings is 8. The van der Waals surface area contributed by atoms with E-state index in [0.717, 1.165) is 88.7 Å². The summed E-state index contributed by atoms with van der Waals surface area (Å²) in [7, 11) is 0. The zero-order valence-corrected chi connectivity index (χ0v) is 30.0. The molecule has 0 saturated heterocycles. The maximum Gasteiger partial charge on any atom is 0.227 e. The van der Waals surface area contributed by atoms with Gasteiger partial charge in [0.1, 0.15) is 27.8 Å². The first-order chi connectivity index (χ1) is 27.2. The highest BCUT2D eigenvalue weighted by Gasteiger charge is 2.19. The molecule has 0 radical (unpaired) electrons. The average molecular weight is 725 g/mol. The Morgan fingerprint density at radius 3 is 2.02 bits per heavy atom. The molecule has 0 saturated carbocycles. The zero-order valence-electron chi connectivity index (χ0n) is 29.2. The van der Waals surface area contributed by atoms with Crippen LogP contribution in [0, 0.1) is 0 Å². The van der Waals surface area contributed by atoms with Gasteiger partial charge in [-0.1, -0.05) is 84.9 Å². The second kappa shape index (κ2) is 11.7. The Morgan fingerprint density at radius 2 is 1.11 bits per heavy atom. The molecule has 55 heavy (non-hydrogen) atoms. The Labute approximate surface area is 317 Å². The second-order valence-corrected chi connectivity index (χ2v) is 15.0. The third-order valence-corrected chi connectivity index (χ3v) is 11.9. The molecule has 12 rings (SSSR count). The number of nitrogens with zero attached hydrogens (tertiary/aromatic N) is 2. The Kier molecular flexibility index (Phi) is 6.44. The largest absolute Gasteiger partial charge is 0.456 e. The lowest BCUT2D eigenvalue weighted by molar-refractivity contribution is 0.620. The third kappa shape index (κ3) is 4.75. The highest BCUT2D eigenvalue weighted by Crippen LogP contribution is 2.44. The van der Waals surface area contributed by atoms with E-state index in [1.807, 2.05) is 65.9 Å². The molecule has 0 aliphatic rings. The number of hydrogen-bond donors (Lipinski definition) is 0. The molecular formula is C49H28N2O3S. The number of aromatic nitrogens is 1. The van der Waals surface area contributed by atoms with Crippen molar-refractivity contribution in [3.8, 4) is 22.6 Å². The van der Waals surface area contributed by atoms with Gasteiger partial charge in [0.25, 0.3) is 0 Å². The van der Waals surface area contributed by atoms with E-state index in [0.29, 0.717) is 5.89 Å². The number of hydrogen-bond acceptors (Lipinski definition) is 6. The van der Waals surface area contributed by atoms with Crippen LogP contribution in [0.2, 0.25) is 0 Å². The fourth-order valence-corrected chi connectivity index (χ4v) is 9.18. The highest BCUT2D eigenvalue weighted by molar-refractivity contribution is 7.25. The van der Waals surface area contributed by atoms with Crippen LogP contribution in [0.25, 0.3) is 97.7 Å². The van der Waals surface area contributed by atoms with Crippen molar-refractivity contribution < 1.29 is 13.3 Å². The number of para-hydroxylation sites is 2. The van der Waals surface area contributed by atoms with E-state index in [9.17, 15) is 0 Å². The van der Waals surface area contributed by atoms with Crippen molar-refractivity contribution in [2.45, 2.75) is 0 Å². The van der Waals surface area contributed by atoms with E-state index in [1.165, 1.54) is 20.2 Å². The summed E-state index contributed by atoms with van der Waals surface area (Å²) in [5.41, 5.74) is 11.0. The summed E-state index contributed by atoms with van der Waals surface area (Å²) >= 11 is 1.83. The Bertz CT molecular complexity index is 3440. The number of furan rings is 2. The van der Waals surface area contributed by atoms with Crippen LogP contribution in [0.5, 0.6) is 0 Å². The van der Waals surface area contributed by atoms with Crippen molar-refractivity contribution in [1.29, 1.82) is 0 Å². The van der Waals surface area contributed by atoms with E-state index in [4.69, 9.17) is 18.2 Å². The molecule has 0 aliphatic heterocycles. The van der Waals surface area contributed by atoms with Gasteiger partial charge in [-0.3, -0.25) is 0 Å². The van der Waals surface area contributed by atoms with Gasteiger partial charge >= 0.3 is 0 Å². The molecule has 258 valence electrons. The quantitative estimate of drug-likeness (QED) is 0.177. The van der Waals surface area contributed by atoms with E-state index >= 15 is 0 Å². The van der Waals surface area contributed by atoms with E-state index < -0.39 is 0 Å². The molecule has 0 spiro atoms. The van der Waals surface area contributed by atoms with Crippen molar-refractivity contribution in [2.24, 2.45) is 0 Å². The summed E-state index contributed by atoms with van der Waals surface area (Å²) < 4.78 is 21.8. The van der Waals surface area contributed by atoms with Crippen LogP contribution in [0.1, 0.15) is 0 Å². The summed E-state index contributed by atoms with van der Waals surface area (Å²) in [5.74, 6) is 0.600. The molecule has 12 aromatic rings. The van der Waals surface area contributed by atoms with E-state index in [-0.39, 0.29) is 0 Å². The molecule has 8 aromatic carbocycles. The molecule has 6 heteroatoms. The topological polar surface area (TPSA) is 55.6 Å². The summed E-state index contributed by atoms with van der Waals surface area (Å²) in [6.07, 6.45) is 0. The van der Waals surface area contributed by atoms with E-state index in [2.05, 4.69) is 120 Å². The van der Waals surface area contributed by atoms with Crippen LogP contribution < -0.4 is 4.90 Å². The fourth-order valence-electron chi connectivity index (χ4n) is 8.09. The summed E-state index contributed by atoms with van der Waals surface area (Å²) in [6, 6.07) is 59.2. The minimum Gasteiger partial charge on any atom is -0.456 e. The van der Waals surface area contributed by atoms with Gasteiger partial charge < -0.3 is 18.2 Å². The number of thiophene rings is 1. The number of oxazole rings is 1. The van der Waals surface area contributed by atoms with Gasteiger partial charge in [-0.2, -0.15) is 0 Å². The number of anilines is 3. The van der Waals surface area contributed by atoms with Gasteiger partial charge in [0.2, 0.25) is 5.89 Å². The number of fused-ring (bicyclic) bond motifs is 10. The van der Waals surface area contributed by atoms with Gasteiger partial charge in [-0.05, 0) is 78.4 Å². The minimum absolute atomic E-state index is 0.600. The molecule has 0 atom stereocenters. The first-order valence-electron chi connectivity index (χ1n) is 18.3. The molecule has 0 aliphatic carbocycles. The van der Waals surface area contributed by atoms with Crippen molar-refractivity contribution in [3.05, 3.63) is 170 Å². The van der Waals surface area contributed by atoms with Crippen LogP contribution in [0.15, 0.2) is 183 Å². The van der Waals surface area contributed by atoms with E-state index in [1.54, 1.807) is 0 Å². The Hall–Kier alpha value is -7.15. The van der Waals surface area contributed by atoms with Crippen LogP contribution >= 0.6 is 11.3 Å². The predicted molar refractivity (Wildman–Crippen MR) is 227 cm³/mol. The first kappa shape index (κ1) is 30.3. The van der Waals surface area contributed by atoms with Crippen LogP contribution in [0.3, 0.4) is 0 Å². The van der Waals surface area contributed by atoms with Crippen LogP contribution in [-0.2, 0) is 0 Å². The second-order valence-electron chi connectivity index (χ2n) is 13.9. The van der Waals surface area contributed by atoms with Crippen molar-refractivity contribution >= 4 is 104 Å². The molecule has 4 aromatic heterocycles. The molecule has 5 nitrogen and oxygen atoms in total. The molecule has 0 N–H and O–H groups in total. The molecule has 0 amide bonds. The lowest BCUT2D eigenvalue weighted by Crippen LogP contribution is -2.09. The maximum atomic E-state index is 6.61. The summed E-state index contributed by atoms with van der Waals surface area (Å²) in [5, 5.41) is 6.78. The fraction of sp³-hybridized carbons (Fsp3) is 0. The Balaban J connectivity index is 0.978. The number of rotatable bonds is 5. The molecule has 4 heterocycles. The lowest BCUT2D eigenvalue weighted by atomic mass is 10.0. The van der Waals surface area contributed by atoms with Crippen molar-refractivity contribution in [3.63, 3.8) is 0 Å². The molecule has 0 unspecified atom stereocenters. The minimum atomic E-state index is 0.600. The van der Waals surface area contributed by atoms with Gasteiger partial charge in [0, 0.05) is 82.0 Å². The van der Waals surface area contributed by atoms with Gasteiger partial charge in [-0.15, -0.1) is 11.3 Å². The van der Waals surface area contributed by atoms with Gasteiger partial charge in [0.15, 0.2) is 5.58 Å². The standard InChI is InChI=1S/C49H28N2O3S/c1-2-9-30(10-3-1)49-50-41-28-44-39(27-45(41)54-49)38-14-8-13-34(48(38)53-44)29-17-19-31(20-18-29)51(32-22-24-47-40(25-32)37-12-5-7-16-46(37)55-47)33-21-23-36-35-11-4-6-15-42(35)52-43(36)26-33/h1-28H. The molecule has 0 bridgehead atoms. The monoisotopic (exact) mass is 724 g/mol. The SMILES string of the molecule is c1ccc(-c2nc3cc4oc5c(-c6ccc(N(c7ccc8c(c7)oc7ccccc78)c7ccc8sc9ccccc9c8c7)cc6)cccc5c4cc3o2)cc1. The molecular weight excluding hydrogens is 697 g/mol. The smallest absolute Gasteiger partial charge is 0.227 e. The predicted octanol–water partition coefficient (Wildman–Crippen LogP) is 14.8. The van der Waals surface area contributed by atoms with Crippen molar-refractivity contribution in [2.75, 3.05) is 4.90 Å². The van der Waals surface area contributed by atoms with Crippen LogP contribution in [0.4, 0.5) is 17.1 Å². The Morgan fingerprint density at radius 1 is 0.400 bits per heavy atom.